The molecule has 2 heterocycles. The number of amides is 1. The lowest BCUT2D eigenvalue weighted by atomic mass is 9.92. The first kappa shape index (κ1) is 33.5. The van der Waals surface area contributed by atoms with Crippen LogP contribution in [-0.2, 0) is 27.8 Å². The average Bonchev–Trinajstić information content (AvgIpc) is 3.53. The van der Waals surface area contributed by atoms with Gasteiger partial charge in [-0.2, -0.15) is 0 Å². The van der Waals surface area contributed by atoms with E-state index in [0.717, 1.165) is 40.8 Å². The summed E-state index contributed by atoms with van der Waals surface area (Å²) in [4.78, 5) is 48.5. The Morgan fingerprint density at radius 3 is 2.24 bits per heavy atom. The van der Waals surface area contributed by atoms with Gasteiger partial charge in [-0.1, -0.05) is 87.5 Å². The normalized spacial score (nSPS) is 13.0. The Balaban J connectivity index is 1.38. The summed E-state index contributed by atoms with van der Waals surface area (Å²) < 4.78 is 0. The van der Waals surface area contributed by atoms with Crippen molar-refractivity contribution in [3.05, 3.63) is 112 Å². The topological polar surface area (TPSA) is 109 Å². The highest BCUT2D eigenvalue weighted by molar-refractivity contribution is 7.14. The van der Waals surface area contributed by atoms with Gasteiger partial charge in [0.25, 0.3) is 0 Å². The molecular weight excluding hydrogens is 582 g/mol. The molecule has 0 bridgehead atoms. The number of Topliss-reactive ketones (excluding diaryl/α,β-unsaturated/α-hetero) is 1. The molecule has 0 unspecified atom stereocenters. The zero-order valence-electron chi connectivity index (χ0n) is 26.3. The number of carboxylic acid groups (broad SMARTS) is 1. The zero-order valence-corrected chi connectivity index (χ0v) is 27.1. The monoisotopic (exact) mass is 623 g/mol. The first-order valence-corrected chi connectivity index (χ1v) is 16.1. The van der Waals surface area contributed by atoms with Gasteiger partial charge in [0.1, 0.15) is 6.04 Å². The van der Waals surface area contributed by atoms with Crippen LogP contribution in [0.15, 0.2) is 85.2 Å². The van der Waals surface area contributed by atoms with E-state index in [1.807, 2.05) is 48.5 Å². The van der Waals surface area contributed by atoms with Crippen molar-refractivity contribution in [1.82, 2.24) is 15.3 Å². The van der Waals surface area contributed by atoms with Crippen molar-refractivity contribution in [3.8, 4) is 11.4 Å². The third kappa shape index (κ3) is 10.0. The van der Waals surface area contributed by atoms with Crippen molar-refractivity contribution in [2.24, 2.45) is 5.92 Å². The van der Waals surface area contributed by atoms with E-state index in [2.05, 4.69) is 66.4 Å². The lowest BCUT2D eigenvalue weighted by molar-refractivity contribution is -0.141. The molecule has 0 fully saturated rings. The second-order valence-corrected chi connectivity index (χ2v) is 13.4. The Bertz CT molecular complexity index is 1600. The van der Waals surface area contributed by atoms with Crippen molar-refractivity contribution in [2.45, 2.75) is 71.3 Å². The fourth-order valence-corrected chi connectivity index (χ4v) is 5.81. The van der Waals surface area contributed by atoms with Crippen LogP contribution >= 0.6 is 11.3 Å². The van der Waals surface area contributed by atoms with E-state index in [1.165, 1.54) is 23.8 Å². The highest BCUT2D eigenvalue weighted by Crippen LogP contribution is 2.31. The van der Waals surface area contributed by atoms with Gasteiger partial charge in [-0.3, -0.25) is 14.4 Å². The average molecular weight is 624 g/mol. The summed E-state index contributed by atoms with van der Waals surface area (Å²) in [5.74, 6) is -1.85. The molecule has 4 rings (SSSR count). The summed E-state index contributed by atoms with van der Waals surface area (Å²) in [6.07, 6.45) is 11.2. The molecule has 2 aromatic carbocycles. The van der Waals surface area contributed by atoms with Gasteiger partial charge in [0, 0.05) is 40.7 Å². The minimum Gasteiger partial charge on any atom is -0.480 e. The SMILES string of the molecule is C[C@@H](NC(=O)[C@@H](CC(=O)c1ccc(C(C)(C)C)s1)Cc1ccc(-c2ncc(/C=C\CCCc3ccccc3)cn2)cc1)C(=O)O. The van der Waals surface area contributed by atoms with E-state index in [-0.39, 0.29) is 24.0 Å². The molecule has 0 saturated heterocycles. The molecule has 45 heavy (non-hydrogen) atoms. The van der Waals surface area contributed by atoms with Gasteiger partial charge in [0.15, 0.2) is 11.6 Å². The number of ketones is 1. The Morgan fingerprint density at radius 2 is 1.62 bits per heavy atom. The number of nitrogens with zero attached hydrogens (tertiary/aromatic N) is 2. The fraction of sp³-hybridized carbons (Fsp3) is 0.324. The third-order valence-electron chi connectivity index (χ3n) is 7.51. The minimum atomic E-state index is -1.13. The number of thiophene rings is 1. The second kappa shape index (κ2) is 15.5. The number of carboxylic acids is 1. The highest BCUT2D eigenvalue weighted by atomic mass is 32.1. The summed E-state index contributed by atoms with van der Waals surface area (Å²) in [5.41, 5.74) is 3.89. The van der Waals surface area contributed by atoms with Gasteiger partial charge < -0.3 is 10.4 Å². The van der Waals surface area contributed by atoms with Gasteiger partial charge >= 0.3 is 5.97 Å². The molecule has 2 atom stereocenters. The van der Waals surface area contributed by atoms with Crippen LogP contribution in [0.3, 0.4) is 0 Å². The number of rotatable bonds is 14. The van der Waals surface area contributed by atoms with Gasteiger partial charge in [-0.25, -0.2) is 9.97 Å². The van der Waals surface area contributed by atoms with Crippen molar-refractivity contribution in [1.29, 1.82) is 0 Å². The molecule has 1 amide bonds. The number of aryl methyl sites for hydroxylation is 1. The molecule has 0 saturated carbocycles. The van der Waals surface area contributed by atoms with Crippen LogP contribution in [0.1, 0.15) is 78.2 Å². The quantitative estimate of drug-likeness (QED) is 0.111. The summed E-state index contributed by atoms with van der Waals surface area (Å²) >= 11 is 1.44. The number of unbranched alkanes of at least 4 members (excludes halogenated alkanes) is 1. The van der Waals surface area contributed by atoms with Gasteiger partial charge in [0.05, 0.1) is 4.88 Å². The summed E-state index contributed by atoms with van der Waals surface area (Å²) in [7, 11) is 0. The standard InChI is InChI=1S/C37H41N3O4S/c1-25(36(43)44)40-35(42)30(22-31(41)32-19-20-33(45-32)37(2,3)4)21-27-15-17-29(18-16-27)34-38-23-28(24-39-34)14-10-6-9-13-26-11-7-5-8-12-26/h5,7-8,10-12,14-20,23-25,30H,6,9,13,21-22H2,1-4H3,(H,40,42)(H,43,44)/b14-10-/t25-,30-/m1/s1. The van der Waals surface area contributed by atoms with E-state index in [1.54, 1.807) is 12.4 Å². The van der Waals surface area contributed by atoms with Crippen LogP contribution < -0.4 is 5.32 Å². The smallest absolute Gasteiger partial charge is 0.325 e. The first-order chi connectivity index (χ1) is 21.5. The van der Waals surface area contributed by atoms with E-state index in [9.17, 15) is 19.5 Å². The maximum absolute atomic E-state index is 13.2. The molecule has 234 valence electrons. The molecule has 7 nitrogen and oxygen atoms in total. The van der Waals surface area contributed by atoms with Gasteiger partial charge in [-0.15, -0.1) is 11.3 Å². The summed E-state index contributed by atoms with van der Waals surface area (Å²) in [5, 5.41) is 11.8. The largest absolute Gasteiger partial charge is 0.480 e. The zero-order chi connectivity index (χ0) is 32.4. The highest BCUT2D eigenvalue weighted by Gasteiger charge is 2.27. The molecule has 0 aliphatic carbocycles. The number of benzene rings is 2. The lowest BCUT2D eigenvalue weighted by Gasteiger charge is -2.18. The Kier molecular flexibility index (Phi) is 11.5. The Morgan fingerprint density at radius 1 is 0.933 bits per heavy atom. The number of aliphatic carboxylic acids is 1. The predicted molar refractivity (Wildman–Crippen MR) is 180 cm³/mol. The molecule has 0 spiro atoms. The molecule has 2 N–H and O–H groups in total. The summed E-state index contributed by atoms with van der Waals surface area (Å²) in [6.45, 7) is 7.68. The van der Waals surface area contributed by atoms with Gasteiger partial charge in [-0.05, 0) is 61.3 Å². The molecule has 4 aromatic rings. The molecule has 0 radical (unpaired) electrons. The number of hydrogen-bond donors (Lipinski definition) is 2. The van der Waals surface area contributed by atoms with Crippen LogP contribution in [0.25, 0.3) is 17.5 Å². The number of allylic oxidation sites excluding steroid dienone is 1. The van der Waals surface area contributed by atoms with Crippen LogP contribution in [0.4, 0.5) is 0 Å². The maximum atomic E-state index is 13.2. The van der Waals surface area contributed by atoms with E-state index in [0.29, 0.717) is 10.7 Å². The molecular formula is C37H41N3O4S. The maximum Gasteiger partial charge on any atom is 0.325 e. The van der Waals surface area contributed by atoms with Crippen LogP contribution in [0, 0.1) is 5.92 Å². The molecule has 2 aromatic heterocycles. The number of nitrogens with one attached hydrogen (secondary N) is 1. The van der Waals surface area contributed by atoms with E-state index < -0.39 is 23.8 Å². The van der Waals surface area contributed by atoms with E-state index >= 15 is 0 Å². The van der Waals surface area contributed by atoms with Gasteiger partial charge in [0.2, 0.25) is 5.91 Å². The van der Waals surface area contributed by atoms with E-state index in [4.69, 9.17) is 0 Å². The number of hydrogen-bond acceptors (Lipinski definition) is 6. The second-order valence-electron chi connectivity index (χ2n) is 12.3. The van der Waals surface area contributed by atoms with Crippen molar-refractivity contribution >= 4 is 35.1 Å². The number of carbonyl (C=O) groups excluding carboxylic acids is 2. The van der Waals surface area contributed by atoms with Crippen molar-refractivity contribution in [2.75, 3.05) is 0 Å². The minimum absolute atomic E-state index is 0.0195. The Labute approximate surface area is 269 Å². The third-order valence-corrected chi connectivity index (χ3v) is 9.06. The number of carbonyl (C=O) groups is 3. The van der Waals surface area contributed by atoms with Crippen molar-refractivity contribution < 1.29 is 19.5 Å². The molecule has 0 aliphatic rings. The van der Waals surface area contributed by atoms with Crippen LogP contribution in [-0.4, -0.2) is 38.8 Å². The Hall–Kier alpha value is -4.43. The molecule has 8 heteroatoms. The first-order valence-electron chi connectivity index (χ1n) is 15.3. The number of aromatic nitrogens is 2. The van der Waals surface area contributed by atoms with Crippen LogP contribution in [0.2, 0.25) is 0 Å². The fourth-order valence-electron chi connectivity index (χ4n) is 4.80. The predicted octanol–water partition coefficient (Wildman–Crippen LogP) is 7.56. The van der Waals surface area contributed by atoms with Crippen molar-refractivity contribution in [3.63, 3.8) is 0 Å². The molecule has 0 aliphatic heterocycles. The summed E-state index contributed by atoms with van der Waals surface area (Å²) in [6, 6.07) is 20.8. The van der Waals surface area contributed by atoms with Crippen LogP contribution in [0.5, 0.6) is 0 Å². The lowest BCUT2D eigenvalue weighted by Crippen LogP contribution is -2.42.